The lowest BCUT2D eigenvalue weighted by Crippen LogP contribution is -1.81. The van der Waals surface area contributed by atoms with E-state index in [0.29, 0.717) is 5.56 Å². The summed E-state index contributed by atoms with van der Waals surface area (Å²) >= 11 is 5.56. The number of aromatic hydroxyl groups is 1. The molecule has 0 amide bonds. The zero-order valence-corrected chi connectivity index (χ0v) is 6.28. The largest absolute Gasteiger partial charge is 0.506 e. The number of para-hydroxylation sites is 1. The molecule has 1 aromatic rings. The number of phenols is 1. The average Bonchev–Trinajstić information content (AvgIpc) is 1.99. The van der Waals surface area contributed by atoms with Crippen LogP contribution in [-0.2, 0) is 0 Å². The predicted octanol–water partition coefficient (Wildman–Crippen LogP) is 1.85. The zero-order valence-electron chi connectivity index (χ0n) is 5.53. The van der Waals surface area contributed by atoms with E-state index in [1.165, 1.54) is 0 Å². The number of phenolic OH excluding ortho intramolecular Hbond substituents is 1. The molecule has 3 nitrogen and oxygen atoms in total. The molecule has 0 aliphatic rings. The van der Waals surface area contributed by atoms with E-state index in [9.17, 15) is 5.11 Å². The van der Waals surface area contributed by atoms with Gasteiger partial charge in [-0.25, -0.2) is 0 Å². The first-order valence-electron chi connectivity index (χ1n) is 2.90. The van der Waals surface area contributed by atoms with E-state index in [1.807, 2.05) is 0 Å². The highest BCUT2D eigenvalue weighted by molar-refractivity contribution is 6.32. The number of halogens is 1. The van der Waals surface area contributed by atoms with Crippen molar-refractivity contribution in [3.8, 4) is 5.75 Å². The van der Waals surface area contributed by atoms with Crippen molar-refractivity contribution >= 4 is 17.8 Å². The maximum absolute atomic E-state index is 9.19. The number of rotatable bonds is 1. The summed E-state index contributed by atoms with van der Waals surface area (Å²) in [5.41, 5.74) is 0.389. The van der Waals surface area contributed by atoms with Gasteiger partial charge in [0.1, 0.15) is 5.75 Å². The summed E-state index contributed by atoms with van der Waals surface area (Å²) in [6, 6.07) is 4.78. The van der Waals surface area contributed by atoms with Gasteiger partial charge in [-0.1, -0.05) is 22.8 Å². The van der Waals surface area contributed by atoms with Crippen LogP contribution in [0, 0.1) is 0 Å². The number of nitrogens with zero attached hydrogens (tertiary/aromatic N) is 1. The Labute approximate surface area is 68.5 Å². The van der Waals surface area contributed by atoms with Crippen LogP contribution < -0.4 is 0 Å². The third-order valence-corrected chi connectivity index (χ3v) is 1.52. The van der Waals surface area contributed by atoms with Gasteiger partial charge in [0.25, 0.3) is 0 Å². The van der Waals surface area contributed by atoms with Crippen LogP contribution in [0.1, 0.15) is 5.56 Å². The minimum absolute atomic E-state index is 0.0769. The van der Waals surface area contributed by atoms with Gasteiger partial charge in [0, 0.05) is 5.56 Å². The van der Waals surface area contributed by atoms with E-state index in [0.717, 1.165) is 6.21 Å². The van der Waals surface area contributed by atoms with Crippen LogP contribution in [0.2, 0.25) is 5.02 Å². The molecule has 0 aromatic heterocycles. The molecule has 0 atom stereocenters. The molecule has 0 heterocycles. The van der Waals surface area contributed by atoms with Gasteiger partial charge in [-0.05, 0) is 12.1 Å². The standard InChI is InChI=1S/C7H6ClNO2/c8-6-3-1-2-5(4-9-11)7(6)10/h1-4,10-11H. The summed E-state index contributed by atoms with van der Waals surface area (Å²) in [7, 11) is 0. The van der Waals surface area contributed by atoms with E-state index in [4.69, 9.17) is 16.8 Å². The van der Waals surface area contributed by atoms with Gasteiger partial charge in [0.15, 0.2) is 0 Å². The number of benzene rings is 1. The van der Waals surface area contributed by atoms with Gasteiger partial charge >= 0.3 is 0 Å². The molecule has 0 bridgehead atoms. The van der Waals surface area contributed by atoms with Crippen molar-refractivity contribution in [2.75, 3.05) is 0 Å². The Morgan fingerprint density at radius 3 is 2.82 bits per heavy atom. The molecule has 0 unspecified atom stereocenters. The van der Waals surface area contributed by atoms with Crippen LogP contribution in [0.5, 0.6) is 5.75 Å². The van der Waals surface area contributed by atoms with Gasteiger partial charge in [-0.3, -0.25) is 0 Å². The maximum Gasteiger partial charge on any atom is 0.143 e. The van der Waals surface area contributed by atoms with Crippen LogP contribution in [0.15, 0.2) is 23.4 Å². The molecule has 0 saturated carbocycles. The molecule has 0 fully saturated rings. The lowest BCUT2D eigenvalue weighted by molar-refractivity contribution is 0.321. The van der Waals surface area contributed by atoms with Gasteiger partial charge in [0.2, 0.25) is 0 Å². The van der Waals surface area contributed by atoms with Gasteiger partial charge in [-0.15, -0.1) is 0 Å². The monoisotopic (exact) mass is 171 g/mol. The van der Waals surface area contributed by atoms with Crippen molar-refractivity contribution in [3.63, 3.8) is 0 Å². The summed E-state index contributed by atoms with van der Waals surface area (Å²) in [5.74, 6) is -0.0769. The van der Waals surface area contributed by atoms with Gasteiger partial charge in [-0.2, -0.15) is 0 Å². The van der Waals surface area contributed by atoms with E-state index >= 15 is 0 Å². The first-order valence-corrected chi connectivity index (χ1v) is 3.28. The van der Waals surface area contributed by atoms with Crippen LogP contribution in [0.3, 0.4) is 0 Å². The minimum atomic E-state index is -0.0769. The molecular formula is C7H6ClNO2. The number of hydrogen-bond acceptors (Lipinski definition) is 3. The summed E-state index contributed by atoms with van der Waals surface area (Å²) < 4.78 is 0. The summed E-state index contributed by atoms with van der Waals surface area (Å²) in [4.78, 5) is 0. The van der Waals surface area contributed by atoms with E-state index in [-0.39, 0.29) is 10.8 Å². The highest BCUT2D eigenvalue weighted by Gasteiger charge is 2.01. The van der Waals surface area contributed by atoms with Crippen molar-refractivity contribution in [2.45, 2.75) is 0 Å². The normalized spacial score (nSPS) is 10.6. The molecule has 0 aliphatic heterocycles. The molecule has 1 aromatic carbocycles. The molecular weight excluding hydrogens is 166 g/mol. The topological polar surface area (TPSA) is 52.8 Å². The second-order valence-corrected chi connectivity index (χ2v) is 2.33. The molecule has 1 rings (SSSR count). The zero-order chi connectivity index (χ0) is 8.27. The van der Waals surface area contributed by atoms with Crippen molar-refractivity contribution < 1.29 is 10.3 Å². The molecule has 0 spiro atoms. The molecule has 11 heavy (non-hydrogen) atoms. The summed E-state index contributed by atoms with van der Waals surface area (Å²) in [5, 5.41) is 20.3. The lowest BCUT2D eigenvalue weighted by atomic mass is 10.2. The fourth-order valence-corrected chi connectivity index (χ4v) is 0.880. The Balaban J connectivity index is 3.16. The van der Waals surface area contributed by atoms with Crippen molar-refractivity contribution in [2.24, 2.45) is 5.16 Å². The van der Waals surface area contributed by atoms with Gasteiger partial charge in [0.05, 0.1) is 11.2 Å². The molecule has 0 aliphatic carbocycles. The second kappa shape index (κ2) is 3.25. The quantitative estimate of drug-likeness (QED) is 0.385. The lowest BCUT2D eigenvalue weighted by Gasteiger charge is -1.97. The van der Waals surface area contributed by atoms with E-state index in [2.05, 4.69) is 5.16 Å². The fraction of sp³-hybridized carbons (Fsp3) is 0. The second-order valence-electron chi connectivity index (χ2n) is 1.92. The van der Waals surface area contributed by atoms with Crippen molar-refractivity contribution in [1.29, 1.82) is 0 Å². The van der Waals surface area contributed by atoms with Crippen LogP contribution in [0.25, 0.3) is 0 Å². The SMILES string of the molecule is ON=Cc1cccc(Cl)c1O. The van der Waals surface area contributed by atoms with Crippen LogP contribution in [0.4, 0.5) is 0 Å². The maximum atomic E-state index is 9.19. The smallest absolute Gasteiger partial charge is 0.143 e. The summed E-state index contributed by atoms with van der Waals surface area (Å²) in [6.07, 6.45) is 1.11. The first-order chi connectivity index (χ1) is 5.25. The molecule has 4 heteroatoms. The summed E-state index contributed by atoms with van der Waals surface area (Å²) in [6.45, 7) is 0. The molecule has 0 radical (unpaired) electrons. The Bertz CT molecular complexity index is 286. The molecule has 0 saturated heterocycles. The minimum Gasteiger partial charge on any atom is -0.506 e. The fourth-order valence-electron chi connectivity index (χ4n) is 0.698. The Kier molecular flexibility index (Phi) is 2.33. The Morgan fingerprint density at radius 2 is 2.18 bits per heavy atom. The van der Waals surface area contributed by atoms with Crippen molar-refractivity contribution in [3.05, 3.63) is 28.8 Å². The highest BCUT2D eigenvalue weighted by Crippen LogP contribution is 2.25. The van der Waals surface area contributed by atoms with Crippen molar-refractivity contribution in [1.82, 2.24) is 0 Å². The Morgan fingerprint density at radius 1 is 1.45 bits per heavy atom. The van der Waals surface area contributed by atoms with Crippen LogP contribution >= 0.6 is 11.6 Å². The van der Waals surface area contributed by atoms with E-state index in [1.54, 1.807) is 18.2 Å². The van der Waals surface area contributed by atoms with Crippen LogP contribution in [-0.4, -0.2) is 16.5 Å². The molecule has 2 N–H and O–H groups in total. The van der Waals surface area contributed by atoms with Gasteiger partial charge < -0.3 is 10.3 Å². The number of hydrogen-bond donors (Lipinski definition) is 2. The molecule has 58 valence electrons. The third-order valence-electron chi connectivity index (χ3n) is 1.21. The third kappa shape index (κ3) is 1.62. The number of oxime groups is 1. The first kappa shape index (κ1) is 7.88. The average molecular weight is 172 g/mol. The van der Waals surface area contributed by atoms with E-state index < -0.39 is 0 Å². The Hall–Kier alpha value is -1.22. The highest BCUT2D eigenvalue weighted by atomic mass is 35.5. The predicted molar refractivity (Wildman–Crippen MR) is 42.5 cm³/mol.